The van der Waals surface area contributed by atoms with E-state index in [4.69, 9.17) is 4.74 Å². The second kappa shape index (κ2) is 7.35. The lowest BCUT2D eigenvalue weighted by Gasteiger charge is -2.38. The first-order valence-electron chi connectivity index (χ1n) is 8.52. The Morgan fingerprint density at radius 1 is 1.17 bits per heavy atom. The van der Waals surface area contributed by atoms with Crippen LogP contribution in [-0.4, -0.2) is 42.8 Å². The number of rotatable bonds is 3. The largest absolute Gasteiger partial charge is 0.377 e. The van der Waals surface area contributed by atoms with Gasteiger partial charge in [-0.3, -0.25) is 0 Å². The van der Waals surface area contributed by atoms with Crippen LogP contribution in [0.5, 0.6) is 0 Å². The second-order valence-electron chi connectivity index (χ2n) is 7.57. The third-order valence-corrected chi connectivity index (χ3v) is 4.41. The normalized spacial score (nSPS) is 22.0. The summed E-state index contributed by atoms with van der Waals surface area (Å²) in [4.78, 5) is 14.2. The van der Waals surface area contributed by atoms with Crippen molar-refractivity contribution in [2.45, 2.75) is 58.5 Å². The first-order chi connectivity index (χ1) is 10.8. The molecular weight excluding hydrogens is 288 g/mol. The van der Waals surface area contributed by atoms with Gasteiger partial charge in [0.1, 0.15) is 0 Å². The van der Waals surface area contributed by atoms with E-state index in [9.17, 15) is 4.79 Å². The molecule has 1 aliphatic rings. The van der Waals surface area contributed by atoms with Crippen molar-refractivity contribution in [2.24, 2.45) is 0 Å². The van der Waals surface area contributed by atoms with Gasteiger partial charge in [-0.05, 0) is 36.8 Å². The van der Waals surface area contributed by atoms with Gasteiger partial charge in [0.15, 0.2) is 0 Å². The molecule has 2 atom stereocenters. The van der Waals surface area contributed by atoms with Gasteiger partial charge < -0.3 is 15.0 Å². The molecule has 0 saturated carbocycles. The Bertz CT molecular complexity index is 509. The maximum absolute atomic E-state index is 12.4. The Hall–Kier alpha value is -1.55. The van der Waals surface area contributed by atoms with E-state index in [1.54, 1.807) is 0 Å². The molecule has 1 saturated heterocycles. The zero-order valence-electron chi connectivity index (χ0n) is 15.1. The number of nitrogens with zero attached hydrogens (tertiary/aromatic N) is 1. The third-order valence-electron chi connectivity index (χ3n) is 4.41. The topological polar surface area (TPSA) is 41.6 Å². The Balaban J connectivity index is 1.83. The van der Waals surface area contributed by atoms with Gasteiger partial charge in [0.2, 0.25) is 0 Å². The van der Waals surface area contributed by atoms with Crippen LogP contribution in [0.3, 0.4) is 0 Å². The minimum absolute atomic E-state index is 0.0135. The molecule has 1 N–H and O–H groups in total. The first kappa shape index (κ1) is 17.8. The van der Waals surface area contributed by atoms with E-state index in [1.807, 2.05) is 18.7 Å². The van der Waals surface area contributed by atoms with Crippen molar-refractivity contribution in [3.8, 4) is 0 Å². The Morgan fingerprint density at radius 2 is 1.74 bits per heavy atom. The Kier molecular flexibility index (Phi) is 5.69. The number of benzene rings is 1. The van der Waals surface area contributed by atoms with Crippen molar-refractivity contribution in [1.29, 1.82) is 0 Å². The average molecular weight is 318 g/mol. The molecule has 2 amide bonds. The van der Waals surface area contributed by atoms with E-state index in [-0.39, 0.29) is 23.5 Å². The van der Waals surface area contributed by atoms with Crippen molar-refractivity contribution in [2.75, 3.05) is 19.8 Å². The lowest BCUT2D eigenvalue weighted by molar-refractivity contribution is -0.0140. The van der Waals surface area contributed by atoms with Gasteiger partial charge in [0.25, 0.3) is 0 Å². The van der Waals surface area contributed by atoms with Crippen LogP contribution >= 0.6 is 0 Å². The number of carbonyl (C=O) groups is 1. The molecule has 0 aromatic heterocycles. The molecule has 4 heteroatoms. The van der Waals surface area contributed by atoms with Crippen molar-refractivity contribution >= 4 is 6.03 Å². The van der Waals surface area contributed by atoms with Gasteiger partial charge in [-0.1, -0.05) is 45.0 Å². The molecule has 0 aliphatic carbocycles. The smallest absolute Gasteiger partial charge is 0.318 e. The lowest BCUT2D eigenvalue weighted by Crippen LogP contribution is -2.56. The van der Waals surface area contributed by atoms with Crippen LogP contribution in [0.4, 0.5) is 4.79 Å². The number of hydrogen-bond donors (Lipinski definition) is 1. The minimum atomic E-state index is 0.0135. The fraction of sp³-hybridized carbons (Fsp3) is 0.632. The molecule has 23 heavy (non-hydrogen) atoms. The SMILES string of the molecule is CC1COCC(C)N1C(=O)NCCc1ccc(C(C)(C)C)cc1. The summed E-state index contributed by atoms with van der Waals surface area (Å²) >= 11 is 0. The molecule has 1 fully saturated rings. The van der Waals surface area contributed by atoms with Crippen LogP contribution in [0, 0.1) is 0 Å². The molecule has 1 aromatic carbocycles. The Morgan fingerprint density at radius 3 is 2.26 bits per heavy atom. The highest BCUT2D eigenvalue weighted by Gasteiger charge is 2.29. The Labute approximate surface area is 140 Å². The summed E-state index contributed by atoms with van der Waals surface area (Å²) in [6.07, 6.45) is 0.850. The van der Waals surface area contributed by atoms with Gasteiger partial charge in [-0.15, -0.1) is 0 Å². The van der Waals surface area contributed by atoms with Gasteiger partial charge in [-0.2, -0.15) is 0 Å². The van der Waals surface area contributed by atoms with E-state index < -0.39 is 0 Å². The van der Waals surface area contributed by atoms with E-state index in [0.29, 0.717) is 19.8 Å². The minimum Gasteiger partial charge on any atom is -0.377 e. The number of carbonyl (C=O) groups excluding carboxylic acids is 1. The molecule has 0 spiro atoms. The highest BCUT2D eigenvalue weighted by atomic mass is 16.5. The van der Waals surface area contributed by atoms with Crippen molar-refractivity contribution in [3.63, 3.8) is 0 Å². The van der Waals surface area contributed by atoms with Crippen molar-refractivity contribution in [3.05, 3.63) is 35.4 Å². The van der Waals surface area contributed by atoms with E-state index in [1.165, 1.54) is 11.1 Å². The molecule has 4 nitrogen and oxygen atoms in total. The molecule has 2 unspecified atom stereocenters. The molecule has 0 radical (unpaired) electrons. The molecule has 1 heterocycles. The highest BCUT2D eigenvalue weighted by molar-refractivity contribution is 5.75. The summed E-state index contributed by atoms with van der Waals surface area (Å²) in [6.45, 7) is 12.6. The fourth-order valence-corrected chi connectivity index (χ4v) is 2.98. The zero-order valence-corrected chi connectivity index (χ0v) is 15.1. The summed E-state index contributed by atoms with van der Waals surface area (Å²) in [7, 11) is 0. The first-order valence-corrected chi connectivity index (χ1v) is 8.52. The molecule has 1 aliphatic heterocycles. The van der Waals surface area contributed by atoms with Crippen molar-refractivity contribution < 1.29 is 9.53 Å². The number of amides is 2. The zero-order chi connectivity index (χ0) is 17.0. The van der Waals surface area contributed by atoms with E-state index in [0.717, 1.165) is 6.42 Å². The van der Waals surface area contributed by atoms with Gasteiger partial charge in [0.05, 0.1) is 25.3 Å². The second-order valence-corrected chi connectivity index (χ2v) is 7.57. The van der Waals surface area contributed by atoms with Crippen LogP contribution in [-0.2, 0) is 16.6 Å². The van der Waals surface area contributed by atoms with Crippen LogP contribution < -0.4 is 5.32 Å². The summed E-state index contributed by atoms with van der Waals surface area (Å²) in [5.74, 6) is 0. The van der Waals surface area contributed by atoms with E-state index in [2.05, 4.69) is 50.4 Å². The predicted molar refractivity (Wildman–Crippen MR) is 93.8 cm³/mol. The fourth-order valence-electron chi connectivity index (χ4n) is 2.98. The van der Waals surface area contributed by atoms with Crippen LogP contribution in [0.15, 0.2) is 24.3 Å². The molecular formula is C19H30N2O2. The lowest BCUT2D eigenvalue weighted by atomic mass is 9.86. The van der Waals surface area contributed by atoms with Crippen LogP contribution in [0.1, 0.15) is 45.7 Å². The van der Waals surface area contributed by atoms with Crippen LogP contribution in [0.2, 0.25) is 0 Å². The molecule has 1 aromatic rings. The average Bonchev–Trinajstić information content (AvgIpc) is 2.46. The summed E-state index contributed by atoms with van der Waals surface area (Å²) in [5.41, 5.74) is 2.76. The summed E-state index contributed by atoms with van der Waals surface area (Å²) in [5, 5.41) is 3.04. The monoisotopic (exact) mass is 318 g/mol. The van der Waals surface area contributed by atoms with Crippen LogP contribution in [0.25, 0.3) is 0 Å². The highest BCUT2D eigenvalue weighted by Crippen LogP contribution is 2.22. The molecule has 0 bridgehead atoms. The number of nitrogens with one attached hydrogen (secondary N) is 1. The van der Waals surface area contributed by atoms with Gasteiger partial charge in [0, 0.05) is 6.54 Å². The van der Waals surface area contributed by atoms with E-state index >= 15 is 0 Å². The third kappa shape index (κ3) is 4.71. The number of urea groups is 1. The molecule has 128 valence electrons. The number of hydrogen-bond acceptors (Lipinski definition) is 2. The summed E-state index contributed by atoms with van der Waals surface area (Å²) < 4.78 is 5.47. The van der Waals surface area contributed by atoms with Gasteiger partial charge in [-0.25, -0.2) is 4.79 Å². The maximum Gasteiger partial charge on any atom is 0.318 e. The summed E-state index contributed by atoms with van der Waals surface area (Å²) in [6, 6.07) is 8.96. The standard InChI is InChI=1S/C19H30N2O2/c1-14-12-23-13-15(2)21(14)18(22)20-11-10-16-6-8-17(9-7-16)19(3,4)5/h6-9,14-15H,10-13H2,1-5H3,(H,20,22). The molecule has 2 rings (SSSR count). The predicted octanol–water partition coefficient (Wildman–Crippen LogP) is 3.35. The quantitative estimate of drug-likeness (QED) is 0.928. The van der Waals surface area contributed by atoms with Crippen molar-refractivity contribution in [1.82, 2.24) is 10.2 Å². The van der Waals surface area contributed by atoms with Gasteiger partial charge >= 0.3 is 6.03 Å². The number of morpholine rings is 1. The number of ether oxygens (including phenoxy) is 1. The maximum atomic E-state index is 12.4.